The SMILES string of the molecule is NCc1nc(SC(N)=O)cs1. The van der Waals surface area contributed by atoms with Crippen molar-refractivity contribution < 1.29 is 4.79 Å². The molecule has 0 aliphatic carbocycles. The van der Waals surface area contributed by atoms with Crippen LogP contribution in [0.1, 0.15) is 5.01 Å². The van der Waals surface area contributed by atoms with Crippen LogP contribution in [0, 0.1) is 0 Å². The molecule has 1 heterocycles. The van der Waals surface area contributed by atoms with Crippen LogP contribution >= 0.6 is 23.1 Å². The largest absolute Gasteiger partial charge is 0.360 e. The zero-order valence-corrected chi connectivity index (χ0v) is 7.24. The van der Waals surface area contributed by atoms with Crippen LogP contribution in [0.3, 0.4) is 0 Å². The van der Waals surface area contributed by atoms with E-state index >= 15 is 0 Å². The van der Waals surface area contributed by atoms with Crippen molar-refractivity contribution in [1.29, 1.82) is 0 Å². The fourth-order valence-electron chi connectivity index (χ4n) is 0.538. The maximum atomic E-state index is 10.4. The maximum absolute atomic E-state index is 10.4. The first-order valence-electron chi connectivity index (χ1n) is 2.84. The van der Waals surface area contributed by atoms with Gasteiger partial charge in [0.25, 0.3) is 5.24 Å². The van der Waals surface area contributed by atoms with E-state index in [2.05, 4.69) is 4.98 Å². The molecule has 6 heteroatoms. The standard InChI is InChI=1S/C5H7N3OS2/c6-1-3-8-4(2-10-3)11-5(7)9/h2H,1,6H2,(H2,7,9). The van der Waals surface area contributed by atoms with Gasteiger partial charge >= 0.3 is 0 Å². The Labute approximate surface area is 72.0 Å². The van der Waals surface area contributed by atoms with Crippen molar-refractivity contribution in [1.82, 2.24) is 4.98 Å². The summed E-state index contributed by atoms with van der Waals surface area (Å²) in [5.74, 6) is 0. The summed E-state index contributed by atoms with van der Waals surface area (Å²) in [6.45, 7) is 0.407. The van der Waals surface area contributed by atoms with Gasteiger partial charge in [-0.25, -0.2) is 4.98 Å². The highest BCUT2D eigenvalue weighted by atomic mass is 32.2. The first-order chi connectivity index (χ1) is 5.22. The minimum Gasteiger partial charge on any atom is -0.360 e. The molecule has 0 unspecified atom stereocenters. The van der Waals surface area contributed by atoms with Gasteiger partial charge in [0.2, 0.25) is 0 Å². The third-order valence-corrected chi connectivity index (χ3v) is 2.55. The second-order valence-corrected chi connectivity index (χ2v) is 3.67. The Kier molecular flexibility index (Phi) is 2.86. The van der Waals surface area contributed by atoms with Gasteiger partial charge in [0.1, 0.15) is 10.0 Å². The van der Waals surface area contributed by atoms with Crippen LogP contribution in [0.2, 0.25) is 0 Å². The van der Waals surface area contributed by atoms with Crippen LogP contribution in [-0.2, 0) is 6.54 Å². The van der Waals surface area contributed by atoms with E-state index in [4.69, 9.17) is 11.5 Å². The number of nitrogens with zero attached hydrogens (tertiary/aromatic N) is 1. The van der Waals surface area contributed by atoms with Crippen LogP contribution in [0.25, 0.3) is 0 Å². The van der Waals surface area contributed by atoms with E-state index in [-0.39, 0.29) is 0 Å². The normalized spacial score (nSPS) is 9.91. The lowest BCUT2D eigenvalue weighted by molar-refractivity contribution is 0.267. The lowest BCUT2D eigenvalue weighted by Gasteiger charge is -1.86. The van der Waals surface area contributed by atoms with Crippen LogP contribution in [0.5, 0.6) is 0 Å². The van der Waals surface area contributed by atoms with Gasteiger partial charge in [-0.15, -0.1) is 11.3 Å². The minimum atomic E-state index is -0.445. The molecule has 11 heavy (non-hydrogen) atoms. The van der Waals surface area contributed by atoms with Gasteiger partial charge < -0.3 is 11.5 Å². The fourth-order valence-corrected chi connectivity index (χ4v) is 1.83. The van der Waals surface area contributed by atoms with Gasteiger partial charge in [0.05, 0.1) is 0 Å². The Bertz CT molecular complexity index is 260. The first kappa shape index (κ1) is 8.51. The molecular formula is C5H7N3OS2. The van der Waals surface area contributed by atoms with E-state index in [0.717, 1.165) is 16.8 Å². The zero-order chi connectivity index (χ0) is 8.27. The molecule has 0 aliphatic heterocycles. The van der Waals surface area contributed by atoms with Crippen molar-refractivity contribution in [3.05, 3.63) is 10.4 Å². The first-order valence-corrected chi connectivity index (χ1v) is 4.53. The lowest BCUT2D eigenvalue weighted by atomic mass is 10.7. The Morgan fingerprint density at radius 1 is 1.82 bits per heavy atom. The molecule has 60 valence electrons. The fraction of sp³-hybridized carbons (Fsp3) is 0.200. The van der Waals surface area contributed by atoms with Crippen molar-refractivity contribution in [2.24, 2.45) is 11.5 Å². The molecule has 0 saturated carbocycles. The molecule has 0 spiro atoms. The Morgan fingerprint density at radius 3 is 3.00 bits per heavy atom. The molecule has 4 N–H and O–H groups in total. The van der Waals surface area contributed by atoms with Gasteiger partial charge in [-0.2, -0.15) is 0 Å². The third-order valence-electron chi connectivity index (χ3n) is 0.910. The van der Waals surface area contributed by atoms with Crippen LogP contribution in [-0.4, -0.2) is 10.2 Å². The molecule has 1 rings (SSSR count). The number of hydrogen-bond acceptors (Lipinski definition) is 5. The van der Waals surface area contributed by atoms with Crippen LogP contribution in [0.15, 0.2) is 10.4 Å². The van der Waals surface area contributed by atoms with Crippen molar-refractivity contribution in [3.8, 4) is 0 Å². The lowest BCUT2D eigenvalue weighted by Crippen LogP contribution is -2.01. The van der Waals surface area contributed by atoms with Gasteiger partial charge in [-0.05, 0) is 11.8 Å². The number of thiazole rings is 1. The number of primary amides is 1. The second-order valence-electron chi connectivity index (χ2n) is 1.70. The number of rotatable bonds is 2. The molecule has 1 aromatic heterocycles. The third kappa shape index (κ3) is 2.49. The van der Waals surface area contributed by atoms with E-state index in [1.54, 1.807) is 5.38 Å². The molecule has 0 bridgehead atoms. The number of carbonyl (C=O) groups is 1. The highest BCUT2D eigenvalue weighted by molar-refractivity contribution is 8.13. The Morgan fingerprint density at radius 2 is 2.55 bits per heavy atom. The number of nitrogens with two attached hydrogens (primary N) is 2. The Balaban J connectivity index is 2.65. The van der Waals surface area contributed by atoms with Gasteiger partial charge in [0, 0.05) is 11.9 Å². The summed E-state index contributed by atoms with van der Waals surface area (Å²) < 4.78 is 0. The molecule has 1 aromatic rings. The molecular weight excluding hydrogens is 182 g/mol. The average Bonchev–Trinajstić information content (AvgIpc) is 2.34. The number of amides is 1. The smallest absolute Gasteiger partial charge is 0.282 e. The van der Waals surface area contributed by atoms with Crippen molar-refractivity contribution >= 4 is 28.3 Å². The molecule has 0 radical (unpaired) electrons. The van der Waals surface area contributed by atoms with E-state index in [9.17, 15) is 4.79 Å². The Hall–Kier alpha value is -0.590. The highest BCUT2D eigenvalue weighted by Crippen LogP contribution is 2.19. The second kappa shape index (κ2) is 3.70. The predicted octanol–water partition coefficient (Wildman–Crippen LogP) is 0.773. The highest BCUT2D eigenvalue weighted by Gasteiger charge is 2.03. The van der Waals surface area contributed by atoms with Gasteiger partial charge in [-0.3, -0.25) is 4.79 Å². The number of carbonyl (C=O) groups excluding carboxylic acids is 1. The minimum absolute atomic E-state index is 0.407. The summed E-state index contributed by atoms with van der Waals surface area (Å²) >= 11 is 2.34. The van der Waals surface area contributed by atoms with E-state index in [0.29, 0.717) is 11.6 Å². The van der Waals surface area contributed by atoms with E-state index < -0.39 is 5.24 Å². The summed E-state index contributed by atoms with van der Waals surface area (Å²) in [5, 5.41) is 2.76. The monoisotopic (exact) mass is 189 g/mol. The predicted molar refractivity (Wildman–Crippen MR) is 45.4 cm³/mol. The van der Waals surface area contributed by atoms with Crippen molar-refractivity contribution in [2.75, 3.05) is 0 Å². The summed E-state index contributed by atoms with van der Waals surface area (Å²) in [7, 11) is 0. The topological polar surface area (TPSA) is 82.0 Å². The molecule has 0 aliphatic rings. The maximum Gasteiger partial charge on any atom is 0.282 e. The summed E-state index contributed by atoms with van der Waals surface area (Å²) in [5.41, 5.74) is 10.2. The summed E-state index contributed by atoms with van der Waals surface area (Å²) in [6, 6.07) is 0. The molecule has 0 atom stereocenters. The summed E-state index contributed by atoms with van der Waals surface area (Å²) in [6.07, 6.45) is 0. The quantitative estimate of drug-likeness (QED) is 0.673. The van der Waals surface area contributed by atoms with E-state index in [1.807, 2.05) is 0 Å². The van der Waals surface area contributed by atoms with Crippen LogP contribution < -0.4 is 11.5 Å². The molecule has 0 saturated heterocycles. The molecule has 0 aromatic carbocycles. The number of aromatic nitrogens is 1. The van der Waals surface area contributed by atoms with Crippen LogP contribution in [0.4, 0.5) is 4.79 Å². The molecule has 1 amide bonds. The number of thioether (sulfide) groups is 1. The van der Waals surface area contributed by atoms with Gasteiger partial charge in [-0.1, -0.05) is 0 Å². The molecule has 0 fully saturated rings. The summed E-state index contributed by atoms with van der Waals surface area (Å²) in [4.78, 5) is 14.4. The van der Waals surface area contributed by atoms with Gasteiger partial charge in [0.15, 0.2) is 0 Å². The zero-order valence-electron chi connectivity index (χ0n) is 5.61. The molecule has 4 nitrogen and oxygen atoms in total. The van der Waals surface area contributed by atoms with E-state index in [1.165, 1.54) is 11.3 Å². The van der Waals surface area contributed by atoms with Crippen molar-refractivity contribution in [2.45, 2.75) is 11.6 Å². The van der Waals surface area contributed by atoms with Crippen molar-refractivity contribution in [3.63, 3.8) is 0 Å². The number of hydrogen-bond donors (Lipinski definition) is 2. The average molecular weight is 189 g/mol.